The smallest absolute Gasteiger partial charge is 0.00295 e. The molecule has 0 heterocycles. The zero-order valence-electron chi connectivity index (χ0n) is 27.7. The molecule has 0 heteroatoms. The Labute approximate surface area is 292 Å². The molecule has 0 nitrogen and oxygen atoms in total. The summed E-state index contributed by atoms with van der Waals surface area (Å²) in [5.41, 5.74) is 13.1. The highest BCUT2D eigenvalue weighted by Crippen LogP contribution is 2.47. The van der Waals surface area contributed by atoms with Crippen molar-refractivity contribution in [1.29, 1.82) is 0 Å². The summed E-state index contributed by atoms with van der Waals surface area (Å²) in [5.74, 6) is 0. The molecule has 10 rings (SSSR count). The van der Waals surface area contributed by atoms with Gasteiger partial charge in [-0.25, -0.2) is 0 Å². The molecule has 0 aliphatic heterocycles. The molecule has 1 aliphatic rings. The molecule has 0 bridgehead atoms. The molecule has 9 aromatic rings. The quantitative estimate of drug-likeness (QED) is 0.181. The molecule has 0 amide bonds. The normalized spacial score (nSPS) is 12.6. The van der Waals surface area contributed by atoms with Crippen molar-refractivity contribution in [2.45, 2.75) is 12.8 Å². The Bertz CT molecular complexity index is 2810. The monoisotopic (exact) mass is 634 g/mol. The molecule has 1 aliphatic carbocycles. The maximum Gasteiger partial charge on any atom is -0.00295 e. The second kappa shape index (κ2) is 11.7. The van der Waals surface area contributed by atoms with E-state index >= 15 is 0 Å². The van der Waals surface area contributed by atoms with E-state index in [1.54, 1.807) is 0 Å². The van der Waals surface area contributed by atoms with E-state index in [0.29, 0.717) is 0 Å². The van der Waals surface area contributed by atoms with Gasteiger partial charge in [-0.15, -0.1) is 0 Å². The first-order valence-corrected chi connectivity index (χ1v) is 17.6. The number of benzene rings is 9. The lowest BCUT2D eigenvalue weighted by atomic mass is 9.78. The fraction of sp³-hybridized carbons (Fsp3) is 0.0400. The summed E-state index contributed by atoms with van der Waals surface area (Å²) in [4.78, 5) is 0. The van der Waals surface area contributed by atoms with Crippen LogP contribution in [0.15, 0.2) is 176 Å². The van der Waals surface area contributed by atoms with Gasteiger partial charge in [-0.1, -0.05) is 158 Å². The van der Waals surface area contributed by atoms with Gasteiger partial charge in [0.05, 0.1) is 0 Å². The van der Waals surface area contributed by atoms with Gasteiger partial charge in [0.1, 0.15) is 0 Å². The molecule has 0 saturated carbocycles. The fourth-order valence-electron chi connectivity index (χ4n) is 8.26. The topological polar surface area (TPSA) is 0 Å². The van der Waals surface area contributed by atoms with Crippen LogP contribution in [-0.2, 0) is 6.42 Å². The lowest BCUT2D eigenvalue weighted by Gasteiger charge is -2.25. The van der Waals surface area contributed by atoms with E-state index in [1.165, 1.54) is 98.7 Å². The van der Waals surface area contributed by atoms with E-state index in [1.807, 2.05) is 0 Å². The Morgan fingerprint density at radius 3 is 1.48 bits per heavy atom. The third-order valence-corrected chi connectivity index (χ3v) is 10.7. The summed E-state index contributed by atoms with van der Waals surface area (Å²) in [6.45, 7) is 0. The van der Waals surface area contributed by atoms with Gasteiger partial charge in [0, 0.05) is 0 Å². The maximum atomic E-state index is 2.40. The predicted molar refractivity (Wildman–Crippen MR) is 216 cm³/mol. The maximum absolute atomic E-state index is 2.40. The summed E-state index contributed by atoms with van der Waals surface area (Å²) in [7, 11) is 0. The molecule has 9 aromatic carbocycles. The third kappa shape index (κ3) is 4.76. The van der Waals surface area contributed by atoms with Crippen LogP contribution in [0.25, 0.3) is 93.7 Å². The molecule has 0 N–H and O–H groups in total. The number of allylic oxidation sites excluding steroid dienone is 1. The van der Waals surface area contributed by atoms with Gasteiger partial charge < -0.3 is 0 Å². The molecule has 0 radical (unpaired) electrons. The molecular formula is C50H34. The zero-order chi connectivity index (χ0) is 33.0. The number of rotatable bonds is 4. The van der Waals surface area contributed by atoms with E-state index in [-0.39, 0.29) is 0 Å². The lowest BCUT2D eigenvalue weighted by Crippen LogP contribution is -2.03. The molecule has 0 saturated heterocycles. The highest BCUT2D eigenvalue weighted by molar-refractivity contribution is 6.12. The van der Waals surface area contributed by atoms with Crippen molar-refractivity contribution in [2.24, 2.45) is 0 Å². The summed E-state index contributed by atoms with van der Waals surface area (Å²) in [6, 6.07) is 62.9. The van der Waals surface area contributed by atoms with Gasteiger partial charge in [0.15, 0.2) is 0 Å². The lowest BCUT2D eigenvalue weighted by molar-refractivity contribution is 0.991. The first-order chi connectivity index (χ1) is 24.8. The summed E-state index contributed by atoms with van der Waals surface area (Å²) in [6.07, 6.45) is 6.81. The van der Waals surface area contributed by atoms with Crippen LogP contribution < -0.4 is 0 Å². The van der Waals surface area contributed by atoms with Crippen LogP contribution >= 0.6 is 0 Å². The largest absolute Gasteiger partial charge is 0.0836 e. The summed E-state index contributed by atoms with van der Waals surface area (Å²) in [5, 5.41) is 10.2. The van der Waals surface area contributed by atoms with Crippen LogP contribution in [0.3, 0.4) is 0 Å². The van der Waals surface area contributed by atoms with Crippen LogP contribution in [0.5, 0.6) is 0 Å². The van der Waals surface area contributed by atoms with Gasteiger partial charge in [-0.3, -0.25) is 0 Å². The van der Waals surface area contributed by atoms with Crippen molar-refractivity contribution >= 4 is 49.2 Å². The van der Waals surface area contributed by atoms with Crippen molar-refractivity contribution < 1.29 is 0 Å². The Hall–Kier alpha value is -6.24. The molecular weight excluding hydrogens is 601 g/mol. The first-order valence-electron chi connectivity index (χ1n) is 17.6. The second-order valence-corrected chi connectivity index (χ2v) is 13.6. The SMILES string of the molecule is C1=Cc2c(c(-c3ccccc3-c3ccc4ccccc4c3)c3ccccc3c2-c2ccc3cc(-c4ccc5ccccc5c4)ccc3c2)CC1. The molecule has 0 spiro atoms. The minimum absolute atomic E-state index is 1.02. The molecule has 0 atom stereocenters. The number of hydrogen-bond donors (Lipinski definition) is 0. The molecule has 0 fully saturated rings. The number of fused-ring (bicyclic) bond motifs is 5. The van der Waals surface area contributed by atoms with Crippen LogP contribution in [0, 0.1) is 0 Å². The van der Waals surface area contributed by atoms with Crippen LogP contribution in [0.2, 0.25) is 0 Å². The average Bonchev–Trinajstić information content (AvgIpc) is 3.19. The van der Waals surface area contributed by atoms with Crippen LogP contribution in [0.1, 0.15) is 17.5 Å². The van der Waals surface area contributed by atoms with Gasteiger partial charge in [0.25, 0.3) is 0 Å². The summed E-state index contributed by atoms with van der Waals surface area (Å²) < 4.78 is 0. The van der Waals surface area contributed by atoms with Crippen molar-refractivity contribution in [3.05, 3.63) is 187 Å². The number of hydrogen-bond acceptors (Lipinski definition) is 0. The Morgan fingerprint density at radius 2 is 0.800 bits per heavy atom. The van der Waals surface area contributed by atoms with Crippen molar-refractivity contribution in [2.75, 3.05) is 0 Å². The molecule has 0 unspecified atom stereocenters. The fourth-order valence-corrected chi connectivity index (χ4v) is 8.26. The van der Waals surface area contributed by atoms with E-state index in [4.69, 9.17) is 0 Å². The first kappa shape index (κ1) is 28.7. The van der Waals surface area contributed by atoms with Gasteiger partial charge in [-0.2, -0.15) is 0 Å². The second-order valence-electron chi connectivity index (χ2n) is 13.6. The highest BCUT2D eigenvalue weighted by atomic mass is 14.3. The van der Waals surface area contributed by atoms with Crippen LogP contribution in [0.4, 0.5) is 0 Å². The minimum Gasteiger partial charge on any atom is -0.0836 e. The summed E-state index contributed by atoms with van der Waals surface area (Å²) >= 11 is 0. The van der Waals surface area contributed by atoms with Gasteiger partial charge >= 0.3 is 0 Å². The standard InChI is InChI=1S/C50H34/c1-3-13-35-29-37(23-21-33(35)11-1)38-24-25-40-32-42(28-26-39(40)30-38)49-45-17-7-9-19-47(45)50(48-20-10-8-18-46(48)49)44-16-6-5-15-43(44)41-27-22-34-12-2-4-14-36(34)31-41/h1-9,11-19,21-32H,10,20H2. The van der Waals surface area contributed by atoms with Crippen molar-refractivity contribution in [3.8, 4) is 44.5 Å². The van der Waals surface area contributed by atoms with Crippen molar-refractivity contribution in [3.63, 3.8) is 0 Å². The van der Waals surface area contributed by atoms with Crippen LogP contribution in [-0.4, -0.2) is 0 Å². The predicted octanol–water partition coefficient (Wildman–Crippen LogP) is 13.9. The third-order valence-electron chi connectivity index (χ3n) is 10.7. The van der Waals surface area contributed by atoms with E-state index < -0.39 is 0 Å². The van der Waals surface area contributed by atoms with E-state index in [0.717, 1.165) is 12.8 Å². The van der Waals surface area contributed by atoms with Gasteiger partial charge in [0.2, 0.25) is 0 Å². The molecule has 234 valence electrons. The Balaban J connectivity index is 1.14. The molecule has 0 aromatic heterocycles. The average molecular weight is 635 g/mol. The minimum atomic E-state index is 1.02. The Morgan fingerprint density at radius 1 is 0.340 bits per heavy atom. The molecule has 50 heavy (non-hydrogen) atoms. The zero-order valence-corrected chi connectivity index (χ0v) is 27.7. The highest BCUT2D eigenvalue weighted by Gasteiger charge is 2.23. The van der Waals surface area contributed by atoms with E-state index in [2.05, 4.69) is 182 Å². The van der Waals surface area contributed by atoms with E-state index in [9.17, 15) is 0 Å². The van der Waals surface area contributed by atoms with Gasteiger partial charge in [-0.05, 0) is 136 Å². The van der Waals surface area contributed by atoms with Crippen molar-refractivity contribution in [1.82, 2.24) is 0 Å². The Kier molecular flexibility index (Phi) is 6.74.